The average Bonchev–Trinajstić information content (AvgIpc) is 3.16. The van der Waals surface area contributed by atoms with Gasteiger partial charge in [0.05, 0.1) is 4.92 Å². The zero-order valence-corrected chi connectivity index (χ0v) is 14.5. The van der Waals surface area contributed by atoms with E-state index < -0.39 is 4.92 Å². The van der Waals surface area contributed by atoms with Crippen molar-refractivity contribution >= 4 is 17.3 Å². The third-order valence-electron chi connectivity index (χ3n) is 4.01. The maximum absolute atomic E-state index is 12.5. The van der Waals surface area contributed by atoms with Gasteiger partial charge in [0.2, 0.25) is 6.79 Å². The molecule has 1 aliphatic heterocycles. The summed E-state index contributed by atoms with van der Waals surface area (Å²) in [4.78, 5) is 22.8. The molecule has 4 rings (SSSR count). The van der Waals surface area contributed by atoms with E-state index in [0.29, 0.717) is 34.2 Å². The van der Waals surface area contributed by atoms with Crippen molar-refractivity contribution in [2.45, 2.75) is 0 Å². The first-order chi connectivity index (χ1) is 13.6. The number of nitro groups is 1. The molecule has 0 fully saturated rings. The van der Waals surface area contributed by atoms with E-state index in [0.717, 1.165) is 0 Å². The zero-order chi connectivity index (χ0) is 19.5. The molecule has 0 aliphatic carbocycles. The Bertz CT molecular complexity index is 1050. The molecule has 8 heteroatoms. The number of carbonyl (C=O) groups is 1. The number of ether oxygens (including phenoxy) is 3. The minimum atomic E-state index is -0.481. The first-order valence-electron chi connectivity index (χ1n) is 8.32. The molecule has 3 aromatic carbocycles. The second-order valence-corrected chi connectivity index (χ2v) is 5.90. The van der Waals surface area contributed by atoms with Crippen LogP contribution in [0.3, 0.4) is 0 Å². The Balaban J connectivity index is 1.47. The van der Waals surface area contributed by atoms with Crippen molar-refractivity contribution in [3.05, 3.63) is 82.4 Å². The van der Waals surface area contributed by atoms with Crippen LogP contribution in [0.5, 0.6) is 23.0 Å². The van der Waals surface area contributed by atoms with Crippen LogP contribution in [0.2, 0.25) is 0 Å². The number of fused-ring (bicyclic) bond motifs is 1. The van der Waals surface area contributed by atoms with Gasteiger partial charge in [-0.1, -0.05) is 6.07 Å². The Morgan fingerprint density at radius 3 is 2.54 bits per heavy atom. The molecule has 1 aliphatic rings. The van der Waals surface area contributed by atoms with E-state index in [1.54, 1.807) is 42.5 Å². The summed E-state index contributed by atoms with van der Waals surface area (Å²) in [5, 5.41) is 13.5. The molecule has 0 unspecified atom stereocenters. The van der Waals surface area contributed by atoms with Crippen LogP contribution in [0.15, 0.2) is 66.7 Å². The molecule has 0 bridgehead atoms. The number of hydrogen-bond acceptors (Lipinski definition) is 6. The van der Waals surface area contributed by atoms with E-state index in [1.807, 2.05) is 0 Å². The monoisotopic (exact) mass is 378 g/mol. The summed E-state index contributed by atoms with van der Waals surface area (Å²) in [5.41, 5.74) is 0.956. The van der Waals surface area contributed by atoms with Crippen LogP contribution >= 0.6 is 0 Å². The Labute approximate surface area is 159 Å². The largest absolute Gasteiger partial charge is 0.457 e. The summed E-state index contributed by atoms with van der Waals surface area (Å²) in [6.07, 6.45) is 0. The second-order valence-electron chi connectivity index (χ2n) is 5.90. The lowest BCUT2D eigenvalue weighted by atomic mass is 10.2. The fraction of sp³-hybridized carbons (Fsp3) is 0.0500. The average molecular weight is 378 g/mol. The number of benzene rings is 3. The maximum atomic E-state index is 12.5. The van der Waals surface area contributed by atoms with Gasteiger partial charge in [0.15, 0.2) is 11.5 Å². The highest BCUT2D eigenvalue weighted by molar-refractivity contribution is 6.04. The molecular weight excluding hydrogens is 364 g/mol. The van der Waals surface area contributed by atoms with Crippen molar-refractivity contribution in [1.29, 1.82) is 0 Å². The molecular formula is C20H14N2O6. The molecule has 0 saturated carbocycles. The Kier molecular flexibility index (Phi) is 4.51. The van der Waals surface area contributed by atoms with Crippen LogP contribution in [0.1, 0.15) is 10.4 Å². The van der Waals surface area contributed by atoms with Crippen molar-refractivity contribution in [2.75, 3.05) is 12.1 Å². The highest BCUT2D eigenvalue weighted by atomic mass is 16.7. The van der Waals surface area contributed by atoms with Gasteiger partial charge in [-0.3, -0.25) is 14.9 Å². The SMILES string of the molecule is O=C(Nc1ccc2c(c1)OCO2)c1cccc(Oc2ccc([N+](=O)[O-])cc2)c1. The minimum Gasteiger partial charge on any atom is -0.457 e. The van der Waals surface area contributed by atoms with Crippen molar-refractivity contribution < 1.29 is 23.9 Å². The predicted molar refractivity (Wildman–Crippen MR) is 100 cm³/mol. The molecule has 1 N–H and O–H groups in total. The van der Waals surface area contributed by atoms with E-state index in [1.165, 1.54) is 24.3 Å². The third kappa shape index (κ3) is 3.70. The highest BCUT2D eigenvalue weighted by Crippen LogP contribution is 2.34. The molecule has 1 amide bonds. The summed E-state index contributed by atoms with van der Waals surface area (Å²) >= 11 is 0. The summed E-state index contributed by atoms with van der Waals surface area (Å²) in [5.74, 6) is 1.77. The van der Waals surface area contributed by atoms with E-state index >= 15 is 0 Å². The lowest BCUT2D eigenvalue weighted by molar-refractivity contribution is -0.384. The van der Waals surface area contributed by atoms with Crippen LogP contribution in [-0.2, 0) is 0 Å². The van der Waals surface area contributed by atoms with Crippen molar-refractivity contribution in [3.63, 3.8) is 0 Å². The van der Waals surface area contributed by atoms with Crippen molar-refractivity contribution in [1.82, 2.24) is 0 Å². The fourth-order valence-corrected chi connectivity index (χ4v) is 2.65. The molecule has 28 heavy (non-hydrogen) atoms. The number of nitrogens with zero attached hydrogens (tertiary/aromatic N) is 1. The molecule has 0 saturated heterocycles. The molecule has 0 radical (unpaired) electrons. The van der Waals surface area contributed by atoms with E-state index in [-0.39, 0.29) is 18.4 Å². The molecule has 0 atom stereocenters. The summed E-state index contributed by atoms with van der Waals surface area (Å²) < 4.78 is 16.2. The standard InChI is InChI=1S/C20H14N2O6/c23-20(21-14-4-9-18-19(11-14)27-12-26-18)13-2-1-3-17(10-13)28-16-7-5-15(6-8-16)22(24)25/h1-11H,12H2,(H,21,23). The number of anilines is 1. The second kappa shape index (κ2) is 7.28. The minimum absolute atomic E-state index is 0.0239. The number of non-ortho nitro benzene ring substituents is 1. The Morgan fingerprint density at radius 2 is 1.75 bits per heavy atom. The van der Waals surface area contributed by atoms with Gasteiger partial charge in [-0.15, -0.1) is 0 Å². The number of nitro benzene ring substituents is 1. The molecule has 3 aromatic rings. The molecule has 1 heterocycles. The van der Waals surface area contributed by atoms with Crippen molar-refractivity contribution in [3.8, 4) is 23.0 Å². The predicted octanol–water partition coefficient (Wildman–Crippen LogP) is 4.37. The maximum Gasteiger partial charge on any atom is 0.269 e. The van der Waals surface area contributed by atoms with Gasteiger partial charge >= 0.3 is 0 Å². The van der Waals surface area contributed by atoms with Crippen LogP contribution < -0.4 is 19.5 Å². The number of hydrogen-bond donors (Lipinski definition) is 1. The Hall–Kier alpha value is -4.07. The lowest BCUT2D eigenvalue weighted by Crippen LogP contribution is -2.11. The molecule has 140 valence electrons. The number of nitrogens with one attached hydrogen (secondary N) is 1. The first kappa shape index (κ1) is 17.3. The number of carbonyl (C=O) groups excluding carboxylic acids is 1. The van der Waals surface area contributed by atoms with Gasteiger partial charge < -0.3 is 19.5 Å². The van der Waals surface area contributed by atoms with Crippen LogP contribution in [0.4, 0.5) is 11.4 Å². The topological polar surface area (TPSA) is 99.9 Å². The van der Waals surface area contributed by atoms with Gasteiger partial charge in [-0.2, -0.15) is 0 Å². The molecule has 0 aromatic heterocycles. The zero-order valence-electron chi connectivity index (χ0n) is 14.5. The summed E-state index contributed by atoms with van der Waals surface area (Å²) in [6.45, 7) is 0.161. The van der Waals surface area contributed by atoms with E-state index in [4.69, 9.17) is 14.2 Å². The van der Waals surface area contributed by atoms with Gasteiger partial charge in [0.25, 0.3) is 11.6 Å². The number of amides is 1. The highest BCUT2D eigenvalue weighted by Gasteiger charge is 2.15. The van der Waals surface area contributed by atoms with Gasteiger partial charge in [-0.05, 0) is 42.5 Å². The van der Waals surface area contributed by atoms with Gasteiger partial charge in [0.1, 0.15) is 11.5 Å². The lowest BCUT2D eigenvalue weighted by Gasteiger charge is -2.09. The van der Waals surface area contributed by atoms with Crippen LogP contribution in [-0.4, -0.2) is 17.6 Å². The van der Waals surface area contributed by atoms with Gasteiger partial charge in [-0.25, -0.2) is 0 Å². The normalized spacial score (nSPS) is 11.7. The summed E-state index contributed by atoms with van der Waals surface area (Å²) in [6, 6.07) is 17.5. The molecule has 0 spiro atoms. The van der Waals surface area contributed by atoms with E-state index in [2.05, 4.69) is 5.32 Å². The third-order valence-corrected chi connectivity index (χ3v) is 4.01. The molecule has 8 nitrogen and oxygen atoms in total. The quantitative estimate of drug-likeness (QED) is 0.523. The smallest absolute Gasteiger partial charge is 0.269 e. The Morgan fingerprint density at radius 1 is 0.964 bits per heavy atom. The van der Waals surface area contributed by atoms with E-state index in [9.17, 15) is 14.9 Å². The number of rotatable bonds is 5. The van der Waals surface area contributed by atoms with Crippen LogP contribution in [0.25, 0.3) is 0 Å². The first-order valence-corrected chi connectivity index (χ1v) is 8.32. The van der Waals surface area contributed by atoms with Crippen LogP contribution in [0, 0.1) is 10.1 Å². The fourth-order valence-electron chi connectivity index (χ4n) is 2.65. The van der Waals surface area contributed by atoms with Crippen molar-refractivity contribution in [2.24, 2.45) is 0 Å². The van der Waals surface area contributed by atoms with Gasteiger partial charge in [0, 0.05) is 29.4 Å². The summed E-state index contributed by atoms with van der Waals surface area (Å²) in [7, 11) is 0.